The zero-order chi connectivity index (χ0) is 26.4. The minimum Gasteiger partial charge on any atom is -0.366 e. The lowest BCUT2D eigenvalue weighted by Crippen LogP contribution is -2.29. The van der Waals surface area contributed by atoms with E-state index >= 15 is 0 Å². The summed E-state index contributed by atoms with van der Waals surface area (Å²) < 4.78 is 79.5. The van der Waals surface area contributed by atoms with Crippen molar-refractivity contribution < 1.29 is 26.3 Å². The Morgan fingerprint density at radius 1 is 0.946 bits per heavy atom. The van der Waals surface area contributed by atoms with Crippen LogP contribution in [0.3, 0.4) is 0 Å². The second-order valence-corrected chi connectivity index (χ2v) is 10.1. The molecule has 9 heteroatoms. The molecule has 3 aromatic rings. The highest BCUT2D eigenvalue weighted by Gasteiger charge is 2.37. The number of nitrogens with one attached hydrogen (secondary N) is 1. The van der Waals surface area contributed by atoms with Gasteiger partial charge in [0.05, 0.1) is 22.3 Å². The van der Waals surface area contributed by atoms with Gasteiger partial charge in [-0.15, -0.1) is 0 Å². The first-order chi connectivity index (χ1) is 17.5. The molecule has 0 bridgehead atoms. The number of aromatic nitrogens is 1. The lowest BCUT2D eigenvalue weighted by molar-refractivity contribution is -0.143. The second-order valence-electron chi connectivity index (χ2n) is 10.1. The Labute approximate surface area is 211 Å². The summed E-state index contributed by atoms with van der Waals surface area (Å²) in [4.78, 5) is 6.96. The number of rotatable bonds is 9. The van der Waals surface area contributed by atoms with Gasteiger partial charge in [-0.25, -0.2) is 0 Å². The highest BCUT2D eigenvalue weighted by atomic mass is 19.4. The van der Waals surface area contributed by atoms with E-state index in [1.54, 1.807) is 6.20 Å². The zero-order valence-electron chi connectivity index (χ0n) is 20.3. The zero-order valence-corrected chi connectivity index (χ0v) is 20.3. The standard InChI is InChI=1S/C28H27F6N3/c1-17-2-7-25-24(8-17)26(37(15-18-3-4-18)16-19-5-6-19)21(14-36-25)13-35-12-20-9-22(27(29,30)31)11-23(10-20)28(32,33)34/h2-3,7-11,14,19,35H,4-6,12-13,15-16H2,1H3. The fraction of sp³-hybridized carbons (Fsp3) is 0.393. The van der Waals surface area contributed by atoms with Crippen molar-refractivity contribution in [3.05, 3.63) is 82.1 Å². The van der Waals surface area contributed by atoms with E-state index in [4.69, 9.17) is 0 Å². The molecule has 1 heterocycles. The molecule has 1 aromatic heterocycles. The molecule has 37 heavy (non-hydrogen) atoms. The smallest absolute Gasteiger partial charge is 0.366 e. The van der Waals surface area contributed by atoms with Crippen molar-refractivity contribution in [3.63, 3.8) is 0 Å². The van der Waals surface area contributed by atoms with Crippen LogP contribution in [0.1, 0.15) is 47.1 Å². The molecule has 1 saturated carbocycles. The van der Waals surface area contributed by atoms with Gasteiger partial charge >= 0.3 is 12.4 Å². The molecule has 0 radical (unpaired) electrons. The van der Waals surface area contributed by atoms with Crippen molar-refractivity contribution in [2.45, 2.75) is 51.6 Å². The van der Waals surface area contributed by atoms with Crippen molar-refractivity contribution in [1.82, 2.24) is 10.3 Å². The lowest BCUT2D eigenvalue weighted by atomic mass is 10.0. The summed E-state index contributed by atoms with van der Waals surface area (Å²) in [7, 11) is 0. The van der Waals surface area contributed by atoms with Crippen LogP contribution in [0.5, 0.6) is 0 Å². The van der Waals surface area contributed by atoms with Crippen molar-refractivity contribution in [1.29, 1.82) is 0 Å². The van der Waals surface area contributed by atoms with E-state index in [0.29, 0.717) is 5.92 Å². The van der Waals surface area contributed by atoms with Crippen molar-refractivity contribution in [3.8, 4) is 0 Å². The molecule has 2 aliphatic carbocycles. The number of aryl methyl sites for hydroxylation is 1. The van der Waals surface area contributed by atoms with E-state index in [1.165, 1.54) is 18.4 Å². The summed E-state index contributed by atoms with van der Waals surface area (Å²) in [6, 6.07) is 7.74. The summed E-state index contributed by atoms with van der Waals surface area (Å²) in [6.45, 7) is 3.82. The Bertz CT molecular complexity index is 1310. The van der Waals surface area contributed by atoms with Gasteiger partial charge in [0, 0.05) is 43.3 Å². The van der Waals surface area contributed by atoms with E-state index in [0.717, 1.165) is 59.4 Å². The first-order valence-electron chi connectivity index (χ1n) is 12.3. The molecule has 5 rings (SSSR count). The van der Waals surface area contributed by atoms with Crippen molar-refractivity contribution >= 4 is 16.6 Å². The Balaban J connectivity index is 1.44. The van der Waals surface area contributed by atoms with E-state index < -0.39 is 23.5 Å². The molecule has 2 aliphatic rings. The lowest BCUT2D eigenvalue weighted by Gasteiger charge is -2.28. The number of alkyl halides is 6. The predicted octanol–water partition coefficient (Wildman–Crippen LogP) is 7.42. The topological polar surface area (TPSA) is 28.2 Å². The van der Waals surface area contributed by atoms with Gasteiger partial charge in [-0.1, -0.05) is 23.3 Å². The fourth-order valence-electron chi connectivity index (χ4n) is 4.59. The van der Waals surface area contributed by atoms with Crippen LogP contribution in [0.2, 0.25) is 0 Å². The van der Waals surface area contributed by atoms with Gasteiger partial charge < -0.3 is 10.2 Å². The van der Waals surface area contributed by atoms with Crippen molar-refractivity contribution in [2.24, 2.45) is 5.92 Å². The van der Waals surface area contributed by atoms with Crippen LogP contribution in [0.25, 0.3) is 10.9 Å². The monoisotopic (exact) mass is 519 g/mol. The number of allylic oxidation sites excluding steroid dienone is 1. The second kappa shape index (κ2) is 9.67. The van der Waals surface area contributed by atoms with Gasteiger partial charge in [0.25, 0.3) is 0 Å². The molecule has 0 spiro atoms. The Morgan fingerprint density at radius 2 is 1.62 bits per heavy atom. The molecule has 1 N–H and O–H groups in total. The highest BCUT2D eigenvalue weighted by Crippen LogP contribution is 2.38. The average molecular weight is 520 g/mol. The molecule has 0 atom stereocenters. The van der Waals surface area contributed by atoms with Gasteiger partial charge in [-0.05, 0) is 68.0 Å². The minimum atomic E-state index is -4.87. The molecule has 3 nitrogen and oxygen atoms in total. The van der Waals surface area contributed by atoms with Gasteiger partial charge in [-0.2, -0.15) is 26.3 Å². The molecule has 0 unspecified atom stereocenters. The van der Waals surface area contributed by atoms with E-state index in [2.05, 4.69) is 27.3 Å². The van der Waals surface area contributed by atoms with E-state index in [1.807, 2.05) is 19.1 Å². The van der Waals surface area contributed by atoms with Gasteiger partial charge in [-0.3, -0.25) is 4.98 Å². The third-order valence-electron chi connectivity index (χ3n) is 6.74. The minimum absolute atomic E-state index is 0.0775. The van der Waals surface area contributed by atoms with Crippen LogP contribution in [0, 0.1) is 12.8 Å². The third kappa shape index (κ3) is 6.26. The number of hydrogen-bond acceptors (Lipinski definition) is 3. The fourth-order valence-corrected chi connectivity index (χ4v) is 4.59. The highest BCUT2D eigenvalue weighted by molar-refractivity contribution is 5.94. The van der Waals surface area contributed by atoms with Crippen LogP contribution in [-0.4, -0.2) is 18.1 Å². The van der Waals surface area contributed by atoms with Gasteiger partial charge in [0.2, 0.25) is 0 Å². The number of anilines is 1. The normalized spacial score (nSPS) is 15.7. The summed E-state index contributed by atoms with van der Waals surface area (Å²) in [6.07, 6.45) is -2.43. The molecule has 0 saturated heterocycles. The summed E-state index contributed by atoms with van der Waals surface area (Å²) in [5, 5.41) is 4.07. The van der Waals surface area contributed by atoms with E-state index in [-0.39, 0.29) is 24.7 Å². The molecule has 2 aromatic carbocycles. The summed E-state index contributed by atoms with van der Waals surface area (Å²) >= 11 is 0. The predicted molar refractivity (Wildman–Crippen MR) is 131 cm³/mol. The largest absolute Gasteiger partial charge is 0.416 e. The maximum absolute atomic E-state index is 13.3. The number of halogens is 6. The number of pyridine rings is 1. The number of fused-ring (bicyclic) bond motifs is 1. The van der Waals surface area contributed by atoms with Crippen LogP contribution < -0.4 is 10.2 Å². The number of benzene rings is 2. The Morgan fingerprint density at radius 3 is 2.22 bits per heavy atom. The van der Waals surface area contributed by atoms with E-state index in [9.17, 15) is 26.3 Å². The van der Waals surface area contributed by atoms with Crippen LogP contribution in [-0.2, 0) is 25.4 Å². The number of nitrogens with zero attached hydrogens (tertiary/aromatic N) is 2. The summed E-state index contributed by atoms with van der Waals surface area (Å²) in [5.41, 5.74) is 2.49. The average Bonchev–Trinajstić information content (AvgIpc) is 3.74. The molecule has 196 valence electrons. The maximum Gasteiger partial charge on any atom is 0.416 e. The molecular weight excluding hydrogens is 492 g/mol. The Kier molecular flexibility index (Phi) is 6.68. The van der Waals surface area contributed by atoms with Gasteiger partial charge in [0.15, 0.2) is 0 Å². The SMILES string of the molecule is Cc1ccc2ncc(CNCc3cc(C(F)(F)F)cc(C(F)(F)F)c3)c(N(CC3=CC3)CC3CC3)c2c1. The number of hydrogen-bond donors (Lipinski definition) is 1. The first-order valence-corrected chi connectivity index (χ1v) is 12.3. The molecule has 0 amide bonds. The third-order valence-corrected chi connectivity index (χ3v) is 6.74. The quantitative estimate of drug-likeness (QED) is 0.236. The molecule has 0 aliphatic heterocycles. The van der Waals surface area contributed by atoms with Gasteiger partial charge in [0.1, 0.15) is 0 Å². The van der Waals surface area contributed by atoms with Crippen LogP contribution >= 0.6 is 0 Å². The molecule has 1 fully saturated rings. The maximum atomic E-state index is 13.3. The first kappa shape index (κ1) is 25.6. The van der Waals surface area contributed by atoms with Crippen LogP contribution in [0.4, 0.5) is 32.0 Å². The van der Waals surface area contributed by atoms with Crippen LogP contribution in [0.15, 0.2) is 54.2 Å². The van der Waals surface area contributed by atoms with Crippen molar-refractivity contribution in [2.75, 3.05) is 18.0 Å². The summed E-state index contributed by atoms with van der Waals surface area (Å²) in [5.74, 6) is 0.624. The molecular formula is C28H27F6N3. The Hall–Kier alpha value is -3.07.